The molecule has 20 heavy (non-hydrogen) atoms. The summed E-state index contributed by atoms with van der Waals surface area (Å²) in [4.78, 5) is 1.33. The van der Waals surface area contributed by atoms with E-state index in [1.165, 1.54) is 10.5 Å². The lowest BCUT2D eigenvalue weighted by Gasteiger charge is -2.17. The van der Waals surface area contributed by atoms with Crippen molar-refractivity contribution in [2.45, 2.75) is 24.3 Å². The number of hydrogen-bond acceptors (Lipinski definition) is 2. The molecule has 1 N–H and O–H groups in total. The van der Waals surface area contributed by atoms with E-state index < -0.39 is 0 Å². The molecule has 0 aliphatic heterocycles. The molecule has 0 aromatic heterocycles. The predicted molar refractivity (Wildman–Crippen MR) is 89.7 cm³/mol. The average Bonchev–Trinajstić information content (AvgIpc) is 2.50. The van der Waals surface area contributed by atoms with Crippen molar-refractivity contribution >= 4 is 23.4 Å². The van der Waals surface area contributed by atoms with Crippen molar-refractivity contribution in [3.8, 4) is 0 Å². The van der Waals surface area contributed by atoms with Gasteiger partial charge in [0.05, 0.1) is 0 Å². The summed E-state index contributed by atoms with van der Waals surface area (Å²) >= 11 is 7.82. The Labute approximate surface area is 130 Å². The van der Waals surface area contributed by atoms with Crippen LogP contribution < -0.4 is 5.32 Å². The number of rotatable bonds is 7. The van der Waals surface area contributed by atoms with Gasteiger partial charge in [-0.05, 0) is 36.2 Å². The average molecular weight is 306 g/mol. The predicted octanol–water partition coefficient (Wildman–Crippen LogP) is 5.17. The molecule has 0 saturated carbocycles. The number of benzene rings is 2. The molecule has 106 valence electrons. The van der Waals surface area contributed by atoms with Gasteiger partial charge in [-0.25, -0.2) is 0 Å². The monoisotopic (exact) mass is 305 g/mol. The molecule has 0 aliphatic rings. The van der Waals surface area contributed by atoms with Crippen molar-refractivity contribution in [3.63, 3.8) is 0 Å². The minimum atomic E-state index is 0.406. The molecule has 2 aromatic rings. The van der Waals surface area contributed by atoms with Crippen molar-refractivity contribution in [3.05, 3.63) is 65.2 Å². The van der Waals surface area contributed by atoms with E-state index in [0.717, 1.165) is 23.7 Å². The summed E-state index contributed by atoms with van der Waals surface area (Å²) < 4.78 is 0. The quantitative estimate of drug-likeness (QED) is 0.559. The summed E-state index contributed by atoms with van der Waals surface area (Å²) in [6.45, 7) is 3.21. The van der Waals surface area contributed by atoms with Gasteiger partial charge in [-0.15, -0.1) is 11.8 Å². The van der Waals surface area contributed by atoms with Crippen molar-refractivity contribution in [2.75, 3.05) is 12.3 Å². The highest BCUT2D eigenvalue weighted by Crippen LogP contribution is 2.20. The molecule has 1 nitrogen and oxygen atoms in total. The smallest absolute Gasteiger partial charge is 0.0406 e. The first kappa shape index (κ1) is 15.4. The molecule has 1 unspecified atom stereocenters. The normalized spacial score (nSPS) is 12.3. The van der Waals surface area contributed by atoms with E-state index in [4.69, 9.17) is 11.6 Å². The van der Waals surface area contributed by atoms with Gasteiger partial charge in [0, 0.05) is 28.3 Å². The van der Waals surface area contributed by atoms with E-state index in [1.807, 2.05) is 23.9 Å². The van der Waals surface area contributed by atoms with Gasteiger partial charge >= 0.3 is 0 Å². The number of halogens is 1. The molecule has 0 heterocycles. The van der Waals surface area contributed by atoms with Gasteiger partial charge in [-0.3, -0.25) is 0 Å². The maximum atomic E-state index is 5.93. The third-order valence-electron chi connectivity index (χ3n) is 3.19. The molecule has 2 aromatic carbocycles. The number of hydrogen-bond donors (Lipinski definition) is 1. The molecule has 0 amide bonds. The van der Waals surface area contributed by atoms with Crippen LogP contribution in [-0.4, -0.2) is 12.3 Å². The highest BCUT2D eigenvalue weighted by atomic mass is 35.5. The number of nitrogens with one attached hydrogen (secondary N) is 1. The first-order valence-electron chi connectivity index (χ1n) is 6.96. The third-order valence-corrected chi connectivity index (χ3v) is 4.45. The van der Waals surface area contributed by atoms with Crippen molar-refractivity contribution in [2.24, 2.45) is 0 Å². The van der Waals surface area contributed by atoms with E-state index in [2.05, 4.69) is 54.7 Å². The Kier molecular flexibility index (Phi) is 6.44. The second-order valence-electron chi connectivity index (χ2n) is 4.63. The van der Waals surface area contributed by atoms with Gasteiger partial charge in [0.15, 0.2) is 0 Å². The standard InChI is InChI=1S/C17H20ClNS/c1-2-17(14-8-10-15(18)11-9-14)19-12-13-20-16-6-4-3-5-7-16/h3-11,17,19H,2,12-13H2,1H3. The fourth-order valence-electron chi connectivity index (χ4n) is 2.11. The fraction of sp³-hybridized carbons (Fsp3) is 0.294. The van der Waals surface area contributed by atoms with E-state index >= 15 is 0 Å². The van der Waals surface area contributed by atoms with E-state index in [1.54, 1.807) is 0 Å². The summed E-state index contributed by atoms with van der Waals surface area (Å²) in [5.74, 6) is 1.08. The zero-order valence-electron chi connectivity index (χ0n) is 11.7. The van der Waals surface area contributed by atoms with Crippen molar-refractivity contribution in [1.29, 1.82) is 0 Å². The van der Waals surface area contributed by atoms with Gasteiger partial charge in [0.2, 0.25) is 0 Å². The van der Waals surface area contributed by atoms with Crippen LogP contribution in [0.2, 0.25) is 5.02 Å². The Morgan fingerprint density at radius 3 is 2.40 bits per heavy atom. The molecule has 1 atom stereocenters. The van der Waals surface area contributed by atoms with Crippen LogP contribution in [0.15, 0.2) is 59.5 Å². The minimum absolute atomic E-state index is 0.406. The van der Waals surface area contributed by atoms with Crippen molar-refractivity contribution in [1.82, 2.24) is 5.32 Å². The largest absolute Gasteiger partial charge is 0.309 e. The van der Waals surface area contributed by atoms with Crippen LogP contribution >= 0.6 is 23.4 Å². The van der Waals surface area contributed by atoms with Gasteiger partial charge in [-0.2, -0.15) is 0 Å². The zero-order chi connectivity index (χ0) is 14.2. The highest BCUT2D eigenvalue weighted by Gasteiger charge is 2.07. The van der Waals surface area contributed by atoms with Crippen LogP contribution in [0, 0.1) is 0 Å². The van der Waals surface area contributed by atoms with Crippen LogP contribution in [0.1, 0.15) is 24.9 Å². The summed E-state index contributed by atoms with van der Waals surface area (Å²) in [5.41, 5.74) is 1.31. The molecule has 2 rings (SSSR count). The summed E-state index contributed by atoms with van der Waals surface area (Å²) in [6, 6.07) is 19.1. The third kappa shape index (κ3) is 4.86. The maximum absolute atomic E-state index is 5.93. The second kappa shape index (κ2) is 8.35. The molecule has 0 radical (unpaired) electrons. The topological polar surface area (TPSA) is 12.0 Å². The Balaban J connectivity index is 1.78. The molecule has 3 heteroatoms. The van der Waals surface area contributed by atoms with Gasteiger partial charge in [0.25, 0.3) is 0 Å². The first-order chi connectivity index (χ1) is 9.79. The van der Waals surface area contributed by atoms with Gasteiger partial charge < -0.3 is 5.32 Å². The lowest BCUT2D eigenvalue weighted by atomic mass is 10.1. The van der Waals surface area contributed by atoms with Crippen LogP contribution in [0.25, 0.3) is 0 Å². The highest BCUT2D eigenvalue weighted by molar-refractivity contribution is 7.99. The SMILES string of the molecule is CCC(NCCSc1ccccc1)c1ccc(Cl)cc1. The Hall–Kier alpha value is -0.960. The molecule has 0 spiro atoms. The van der Waals surface area contributed by atoms with Crippen LogP contribution in [-0.2, 0) is 0 Å². The minimum Gasteiger partial charge on any atom is -0.309 e. The second-order valence-corrected chi connectivity index (χ2v) is 6.23. The van der Waals surface area contributed by atoms with E-state index in [-0.39, 0.29) is 0 Å². The molecule has 0 fully saturated rings. The van der Waals surface area contributed by atoms with Crippen molar-refractivity contribution < 1.29 is 0 Å². The molecular weight excluding hydrogens is 286 g/mol. The fourth-order valence-corrected chi connectivity index (χ4v) is 3.04. The number of thioether (sulfide) groups is 1. The molecular formula is C17H20ClNS. The van der Waals surface area contributed by atoms with E-state index in [0.29, 0.717) is 6.04 Å². The Morgan fingerprint density at radius 2 is 1.75 bits per heavy atom. The summed E-state index contributed by atoms with van der Waals surface area (Å²) in [7, 11) is 0. The summed E-state index contributed by atoms with van der Waals surface area (Å²) in [6.07, 6.45) is 1.08. The Morgan fingerprint density at radius 1 is 1.05 bits per heavy atom. The lowest BCUT2D eigenvalue weighted by Crippen LogP contribution is -2.23. The van der Waals surface area contributed by atoms with Crippen LogP contribution in [0.4, 0.5) is 0 Å². The van der Waals surface area contributed by atoms with E-state index in [9.17, 15) is 0 Å². The molecule has 0 saturated heterocycles. The van der Waals surface area contributed by atoms with Crippen LogP contribution in [0.3, 0.4) is 0 Å². The molecule has 0 aliphatic carbocycles. The van der Waals surface area contributed by atoms with Gasteiger partial charge in [0.1, 0.15) is 0 Å². The zero-order valence-corrected chi connectivity index (χ0v) is 13.3. The van der Waals surface area contributed by atoms with Gasteiger partial charge in [-0.1, -0.05) is 48.9 Å². The molecule has 0 bridgehead atoms. The first-order valence-corrected chi connectivity index (χ1v) is 8.32. The maximum Gasteiger partial charge on any atom is 0.0406 e. The van der Waals surface area contributed by atoms with Crippen LogP contribution in [0.5, 0.6) is 0 Å². The summed E-state index contributed by atoms with van der Waals surface area (Å²) in [5, 5.41) is 4.41. The Bertz CT molecular complexity index is 498. The lowest BCUT2D eigenvalue weighted by molar-refractivity contribution is 0.540.